The van der Waals surface area contributed by atoms with Crippen LogP contribution in [0, 0.1) is 0 Å². The molecule has 5 heteroatoms. The Morgan fingerprint density at radius 3 is 2.16 bits per heavy atom. The van der Waals surface area contributed by atoms with E-state index in [4.69, 9.17) is 15.2 Å². The summed E-state index contributed by atoms with van der Waals surface area (Å²) in [5.74, 6) is 0. The van der Waals surface area contributed by atoms with E-state index < -0.39 is 0 Å². The minimum absolute atomic E-state index is 0.693. The predicted molar refractivity (Wildman–Crippen MR) is 83.8 cm³/mol. The van der Waals surface area contributed by atoms with Crippen molar-refractivity contribution in [2.75, 3.05) is 50.2 Å². The molecule has 1 aromatic rings. The minimum atomic E-state index is 0.693. The second-order valence-corrected chi connectivity index (χ2v) is 5.00. The minimum Gasteiger partial charge on any atom is -0.397 e. The molecule has 0 aliphatic carbocycles. The summed E-state index contributed by atoms with van der Waals surface area (Å²) in [4.78, 5) is 2.20. The Kier molecular flexibility index (Phi) is 7.86. The van der Waals surface area contributed by atoms with Crippen LogP contribution in [0.2, 0.25) is 0 Å². The summed E-state index contributed by atoms with van der Waals surface area (Å²) < 4.78 is 11.8. The highest BCUT2D eigenvalue weighted by Crippen LogP contribution is 2.26. The van der Waals surface area contributed by atoms with E-state index in [0.717, 1.165) is 42.2 Å². The van der Waals surface area contributed by atoms with Gasteiger partial charge in [0.05, 0.1) is 24.6 Å². The first-order chi connectivity index (χ1) is 9.19. The van der Waals surface area contributed by atoms with Crippen molar-refractivity contribution >= 4 is 27.3 Å². The van der Waals surface area contributed by atoms with Crippen LogP contribution in [0.15, 0.2) is 22.7 Å². The van der Waals surface area contributed by atoms with E-state index in [-0.39, 0.29) is 0 Å². The Labute approximate surface area is 124 Å². The smallest absolute Gasteiger partial charge is 0.0641 e. The van der Waals surface area contributed by atoms with Crippen molar-refractivity contribution in [3.05, 3.63) is 22.7 Å². The number of benzene rings is 1. The van der Waals surface area contributed by atoms with Crippen LogP contribution in [-0.4, -0.2) is 39.5 Å². The van der Waals surface area contributed by atoms with E-state index in [9.17, 15) is 0 Å². The maximum atomic E-state index is 6.08. The van der Waals surface area contributed by atoms with Gasteiger partial charge in [0, 0.05) is 30.8 Å². The lowest BCUT2D eigenvalue weighted by Crippen LogP contribution is -2.31. The molecule has 0 saturated carbocycles. The maximum absolute atomic E-state index is 6.08. The Bertz CT molecular complexity index is 364. The third-order valence-electron chi connectivity index (χ3n) is 2.75. The molecule has 1 aromatic carbocycles. The Morgan fingerprint density at radius 1 is 1.11 bits per heavy atom. The van der Waals surface area contributed by atoms with Gasteiger partial charge in [0.25, 0.3) is 0 Å². The van der Waals surface area contributed by atoms with Crippen molar-refractivity contribution in [1.29, 1.82) is 0 Å². The second-order valence-electron chi connectivity index (χ2n) is 4.08. The standard InChI is InChI=1S/C14H23BrN2O2/c1-3-18-9-7-17(8-10-19-4-2)14-6-5-12(15)11-13(14)16/h5-6,11H,3-4,7-10,16H2,1-2H3. The fraction of sp³-hybridized carbons (Fsp3) is 0.571. The van der Waals surface area contributed by atoms with E-state index in [1.165, 1.54) is 0 Å². The topological polar surface area (TPSA) is 47.7 Å². The zero-order chi connectivity index (χ0) is 14.1. The number of hydrogen-bond donors (Lipinski definition) is 1. The molecule has 0 aliphatic rings. The van der Waals surface area contributed by atoms with Crippen LogP contribution in [-0.2, 0) is 9.47 Å². The zero-order valence-electron chi connectivity index (χ0n) is 11.7. The predicted octanol–water partition coefficient (Wildman–Crippen LogP) is 2.91. The highest BCUT2D eigenvalue weighted by Gasteiger charge is 2.10. The SMILES string of the molecule is CCOCCN(CCOCC)c1ccc(Br)cc1N. The molecule has 19 heavy (non-hydrogen) atoms. The van der Waals surface area contributed by atoms with Crippen LogP contribution in [0.4, 0.5) is 11.4 Å². The van der Waals surface area contributed by atoms with Gasteiger partial charge in [-0.1, -0.05) is 15.9 Å². The van der Waals surface area contributed by atoms with Crippen LogP contribution >= 0.6 is 15.9 Å². The number of anilines is 2. The summed E-state index contributed by atoms with van der Waals surface area (Å²) in [6, 6.07) is 5.95. The highest BCUT2D eigenvalue weighted by atomic mass is 79.9. The van der Waals surface area contributed by atoms with E-state index in [0.29, 0.717) is 13.2 Å². The van der Waals surface area contributed by atoms with Gasteiger partial charge in [0.15, 0.2) is 0 Å². The van der Waals surface area contributed by atoms with Crippen molar-refractivity contribution in [3.63, 3.8) is 0 Å². The third kappa shape index (κ3) is 5.80. The fourth-order valence-electron chi connectivity index (χ4n) is 1.80. The number of hydrogen-bond acceptors (Lipinski definition) is 4. The first-order valence-electron chi connectivity index (χ1n) is 6.64. The number of nitrogen functional groups attached to an aromatic ring is 1. The van der Waals surface area contributed by atoms with Gasteiger partial charge in [-0.2, -0.15) is 0 Å². The van der Waals surface area contributed by atoms with Crippen molar-refractivity contribution in [2.24, 2.45) is 0 Å². The zero-order valence-corrected chi connectivity index (χ0v) is 13.3. The van der Waals surface area contributed by atoms with Gasteiger partial charge in [0.2, 0.25) is 0 Å². The number of nitrogens with zero attached hydrogens (tertiary/aromatic N) is 1. The molecule has 0 atom stereocenters. The summed E-state index contributed by atoms with van der Waals surface area (Å²) in [5, 5.41) is 0. The largest absolute Gasteiger partial charge is 0.397 e. The average molecular weight is 331 g/mol. The molecule has 0 aliphatic heterocycles. The number of nitrogens with two attached hydrogens (primary N) is 1. The van der Waals surface area contributed by atoms with Gasteiger partial charge in [-0.25, -0.2) is 0 Å². The molecular weight excluding hydrogens is 308 g/mol. The molecule has 0 fully saturated rings. The quantitative estimate of drug-likeness (QED) is 0.558. The van der Waals surface area contributed by atoms with Gasteiger partial charge in [-0.15, -0.1) is 0 Å². The van der Waals surface area contributed by atoms with Gasteiger partial charge in [-0.3, -0.25) is 0 Å². The Hall–Kier alpha value is -0.780. The van der Waals surface area contributed by atoms with E-state index >= 15 is 0 Å². The average Bonchev–Trinajstić information content (AvgIpc) is 2.38. The lowest BCUT2D eigenvalue weighted by atomic mass is 10.2. The fourth-order valence-corrected chi connectivity index (χ4v) is 2.18. The first kappa shape index (κ1) is 16.3. The summed E-state index contributed by atoms with van der Waals surface area (Å²) in [5.41, 5.74) is 7.87. The molecule has 108 valence electrons. The van der Waals surface area contributed by atoms with E-state index in [1.807, 2.05) is 32.0 Å². The molecule has 0 aromatic heterocycles. The number of ether oxygens (including phenoxy) is 2. The second kappa shape index (κ2) is 9.18. The summed E-state index contributed by atoms with van der Waals surface area (Å²) in [6.07, 6.45) is 0. The van der Waals surface area contributed by atoms with Crippen LogP contribution in [0.25, 0.3) is 0 Å². The van der Waals surface area contributed by atoms with Crippen molar-refractivity contribution < 1.29 is 9.47 Å². The van der Waals surface area contributed by atoms with E-state index in [1.54, 1.807) is 0 Å². The maximum Gasteiger partial charge on any atom is 0.0641 e. The molecule has 0 unspecified atom stereocenters. The van der Waals surface area contributed by atoms with Crippen LogP contribution in [0.1, 0.15) is 13.8 Å². The van der Waals surface area contributed by atoms with Crippen molar-refractivity contribution in [1.82, 2.24) is 0 Å². The molecule has 4 nitrogen and oxygen atoms in total. The molecule has 0 amide bonds. The van der Waals surface area contributed by atoms with Crippen molar-refractivity contribution in [2.45, 2.75) is 13.8 Å². The first-order valence-corrected chi connectivity index (χ1v) is 7.43. The molecule has 0 bridgehead atoms. The van der Waals surface area contributed by atoms with Gasteiger partial charge in [-0.05, 0) is 32.0 Å². The number of rotatable bonds is 9. The summed E-state index contributed by atoms with van der Waals surface area (Å²) in [6.45, 7) is 8.47. The van der Waals surface area contributed by atoms with E-state index in [2.05, 4.69) is 20.8 Å². The summed E-state index contributed by atoms with van der Waals surface area (Å²) in [7, 11) is 0. The molecule has 0 spiro atoms. The van der Waals surface area contributed by atoms with Gasteiger partial charge < -0.3 is 20.1 Å². The summed E-state index contributed by atoms with van der Waals surface area (Å²) >= 11 is 3.43. The van der Waals surface area contributed by atoms with Crippen molar-refractivity contribution in [3.8, 4) is 0 Å². The molecule has 1 rings (SSSR count). The number of halogens is 1. The molecule has 0 saturated heterocycles. The lowest BCUT2D eigenvalue weighted by Gasteiger charge is -2.26. The normalized spacial score (nSPS) is 10.7. The molecule has 2 N–H and O–H groups in total. The molecule has 0 heterocycles. The molecule has 0 radical (unpaired) electrons. The lowest BCUT2D eigenvalue weighted by molar-refractivity contribution is 0.141. The van der Waals surface area contributed by atoms with Crippen LogP contribution in [0.5, 0.6) is 0 Å². The monoisotopic (exact) mass is 330 g/mol. The van der Waals surface area contributed by atoms with Crippen LogP contribution < -0.4 is 10.6 Å². The molecular formula is C14H23BrN2O2. The third-order valence-corrected chi connectivity index (χ3v) is 3.24. The highest BCUT2D eigenvalue weighted by molar-refractivity contribution is 9.10. The van der Waals surface area contributed by atoms with Gasteiger partial charge >= 0.3 is 0 Å². The Morgan fingerprint density at radius 2 is 1.68 bits per heavy atom. The van der Waals surface area contributed by atoms with Crippen LogP contribution in [0.3, 0.4) is 0 Å². The van der Waals surface area contributed by atoms with Gasteiger partial charge in [0.1, 0.15) is 0 Å². The Balaban J connectivity index is 2.69.